The first kappa shape index (κ1) is 14.6. The van der Waals surface area contributed by atoms with Gasteiger partial charge in [-0.1, -0.05) is 0 Å². The van der Waals surface area contributed by atoms with Crippen LogP contribution in [0.25, 0.3) is 0 Å². The molecule has 0 radical (unpaired) electrons. The molecule has 2 aromatic rings. The molecule has 0 fully saturated rings. The van der Waals surface area contributed by atoms with E-state index in [0.717, 1.165) is 0 Å². The Labute approximate surface area is 113 Å². The lowest BCUT2D eigenvalue weighted by Crippen LogP contribution is -2.28. The molecule has 5 nitrogen and oxygen atoms in total. The summed E-state index contributed by atoms with van der Waals surface area (Å²) in [6, 6.07) is 4.95. The van der Waals surface area contributed by atoms with Crippen LogP contribution in [0.2, 0.25) is 0 Å². The van der Waals surface area contributed by atoms with E-state index >= 15 is 0 Å². The number of sulfonamides is 1. The topological polar surface area (TPSA) is 79.5 Å². The molecule has 1 aromatic heterocycles. The molecule has 1 atom stereocenters. The number of hydrogen-bond acceptors (Lipinski definition) is 4. The summed E-state index contributed by atoms with van der Waals surface area (Å²) in [5.74, 6) is -1.83. The lowest BCUT2D eigenvalue weighted by atomic mass is 10.3. The van der Waals surface area contributed by atoms with E-state index in [4.69, 9.17) is 4.42 Å². The van der Waals surface area contributed by atoms with Crippen LogP contribution in [0.15, 0.2) is 45.9 Å². The van der Waals surface area contributed by atoms with Gasteiger partial charge in [0.2, 0.25) is 10.0 Å². The number of rotatable bonds is 5. The highest BCUT2D eigenvalue weighted by molar-refractivity contribution is 7.89. The zero-order valence-electron chi connectivity index (χ0n) is 10.1. The third-order valence-electron chi connectivity index (χ3n) is 2.48. The fraction of sp³-hybridized carbons (Fsp3) is 0.167. The zero-order chi connectivity index (χ0) is 14.8. The monoisotopic (exact) mass is 303 g/mol. The molecule has 2 N–H and O–H groups in total. The van der Waals surface area contributed by atoms with Crippen LogP contribution in [-0.4, -0.2) is 20.1 Å². The van der Waals surface area contributed by atoms with Crippen molar-refractivity contribution in [1.29, 1.82) is 0 Å². The van der Waals surface area contributed by atoms with Gasteiger partial charge in [0, 0.05) is 12.6 Å². The summed E-state index contributed by atoms with van der Waals surface area (Å²) in [4.78, 5) is -0.554. The fourth-order valence-corrected chi connectivity index (χ4v) is 2.62. The van der Waals surface area contributed by atoms with Gasteiger partial charge in [-0.15, -0.1) is 0 Å². The molecule has 1 unspecified atom stereocenters. The van der Waals surface area contributed by atoms with E-state index in [1.807, 2.05) is 4.72 Å². The molecule has 1 aromatic carbocycles. The molecule has 0 aliphatic heterocycles. The second-order valence-electron chi connectivity index (χ2n) is 3.99. The summed E-state index contributed by atoms with van der Waals surface area (Å²) in [7, 11) is -4.12. The van der Waals surface area contributed by atoms with Gasteiger partial charge in [-0.3, -0.25) is 0 Å². The molecule has 0 saturated carbocycles. The summed E-state index contributed by atoms with van der Waals surface area (Å²) in [5, 5.41) is 9.66. The van der Waals surface area contributed by atoms with Crippen molar-refractivity contribution in [3.8, 4) is 0 Å². The van der Waals surface area contributed by atoms with Crippen molar-refractivity contribution in [1.82, 2.24) is 4.72 Å². The number of halogens is 2. The van der Waals surface area contributed by atoms with Gasteiger partial charge in [-0.2, -0.15) is 0 Å². The Hall–Kier alpha value is -1.77. The van der Waals surface area contributed by atoms with Crippen LogP contribution in [0.3, 0.4) is 0 Å². The third-order valence-corrected chi connectivity index (χ3v) is 3.89. The number of aliphatic hydroxyl groups is 1. The van der Waals surface area contributed by atoms with E-state index in [2.05, 4.69) is 0 Å². The summed E-state index contributed by atoms with van der Waals surface area (Å²) in [5.41, 5.74) is 0. The Balaban J connectivity index is 2.11. The minimum atomic E-state index is -4.12. The number of benzene rings is 1. The lowest BCUT2D eigenvalue weighted by molar-refractivity contribution is 0.154. The van der Waals surface area contributed by atoms with Gasteiger partial charge >= 0.3 is 0 Å². The fourth-order valence-electron chi connectivity index (χ4n) is 1.54. The second kappa shape index (κ2) is 5.70. The average Bonchev–Trinajstić information content (AvgIpc) is 2.88. The maximum atomic E-state index is 13.0. The van der Waals surface area contributed by atoms with E-state index in [1.54, 1.807) is 0 Å². The van der Waals surface area contributed by atoms with Crippen molar-refractivity contribution in [2.45, 2.75) is 11.0 Å². The molecule has 0 amide bonds. The van der Waals surface area contributed by atoms with Gasteiger partial charge in [0.15, 0.2) is 0 Å². The number of furan rings is 1. The molecular formula is C12H11F2NO4S. The van der Waals surface area contributed by atoms with Crippen molar-refractivity contribution in [2.75, 3.05) is 6.54 Å². The maximum absolute atomic E-state index is 13.0. The number of aliphatic hydroxyl groups excluding tert-OH is 1. The quantitative estimate of drug-likeness (QED) is 0.878. The summed E-state index contributed by atoms with van der Waals surface area (Å²) >= 11 is 0. The number of nitrogens with one attached hydrogen (secondary N) is 1. The highest BCUT2D eigenvalue weighted by Gasteiger charge is 2.19. The highest BCUT2D eigenvalue weighted by atomic mass is 32.2. The average molecular weight is 303 g/mol. The largest absolute Gasteiger partial charge is 0.467 e. The Kier molecular flexibility index (Phi) is 4.17. The highest BCUT2D eigenvalue weighted by Crippen LogP contribution is 2.16. The van der Waals surface area contributed by atoms with Crippen LogP contribution in [0.1, 0.15) is 11.9 Å². The van der Waals surface area contributed by atoms with Crippen molar-refractivity contribution in [2.24, 2.45) is 0 Å². The van der Waals surface area contributed by atoms with Crippen LogP contribution in [-0.2, 0) is 10.0 Å². The Morgan fingerprint density at radius 2 is 1.90 bits per heavy atom. The van der Waals surface area contributed by atoms with Crippen LogP contribution in [0.4, 0.5) is 8.78 Å². The molecular weight excluding hydrogens is 292 g/mol. The van der Waals surface area contributed by atoms with Gasteiger partial charge in [0.25, 0.3) is 0 Å². The van der Waals surface area contributed by atoms with Gasteiger partial charge in [-0.25, -0.2) is 21.9 Å². The smallest absolute Gasteiger partial charge is 0.240 e. The molecule has 0 aliphatic carbocycles. The van der Waals surface area contributed by atoms with Crippen LogP contribution < -0.4 is 4.72 Å². The van der Waals surface area contributed by atoms with E-state index < -0.39 is 32.7 Å². The Bertz CT molecular complexity index is 665. The van der Waals surface area contributed by atoms with Crippen LogP contribution in [0, 0.1) is 11.6 Å². The first-order valence-corrected chi connectivity index (χ1v) is 7.04. The summed E-state index contributed by atoms with van der Waals surface area (Å²) in [6.45, 7) is -0.381. The van der Waals surface area contributed by atoms with Gasteiger partial charge in [0.1, 0.15) is 23.5 Å². The normalized spacial score (nSPS) is 13.3. The molecule has 2 rings (SSSR count). The SMILES string of the molecule is O=S(=O)(NCC(O)c1ccco1)c1cc(F)cc(F)c1. The molecule has 0 aliphatic rings. The number of hydrogen-bond donors (Lipinski definition) is 2. The first-order valence-electron chi connectivity index (χ1n) is 5.56. The zero-order valence-corrected chi connectivity index (χ0v) is 10.9. The van der Waals surface area contributed by atoms with E-state index in [-0.39, 0.29) is 12.3 Å². The second-order valence-corrected chi connectivity index (χ2v) is 5.76. The summed E-state index contributed by atoms with van der Waals surface area (Å²) < 4.78 is 56.6. The van der Waals surface area contributed by atoms with Gasteiger partial charge in [-0.05, 0) is 24.3 Å². The molecule has 8 heteroatoms. The van der Waals surface area contributed by atoms with Crippen LogP contribution >= 0.6 is 0 Å². The van der Waals surface area contributed by atoms with E-state index in [1.165, 1.54) is 18.4 Å². The van der Waals surface area contributed by atoms with Crippen molar-refractivity contribution in [3.05, 3.63) is 54.0 Å². The van der Waals surface area contributed by atoms with Crippen molar-refractivity contribution in [3.63, 3.8) is 0 Å². The van der Waals surface area contributed by atoms with Crippen LogP contribution in [0.5, 0.6) is 0 Å². The minimum Gasteiger partial charge on any atom is -0.467 e. The third kappa shape index (κ3) is 3.41. The molecule has 1 heterocycles. The maximum Gasteiger partial charge on any atom is 0.240 e. The summed E-state index contributed by atoms with van der Waals surface area (Å²) in [6.07, 6.45) is 0.132. The lowest BCUT2D eigenvalue weighted by Gasteiger charge is -2.10. The molecule has 108 valence electrons. The van der Waals surface area contributed by atoms with E-state index in [0.29, 0.717) is 18.2 Å². The Morgan fingerprint density at radius 3 is 2.45 bits per heavy atom. The molecule has 20 heavy (non-hydrogen) atoms. The first-order chi connectivity index (χ1) is 9.38. The predicted molar refractivity (Wildman–Crippen MR) is 65.2 cm³/mol. The van der Waals surface area contributed by atoms with Gasteiger partial charge in [0.05, 0.1) is 11.2 Å². The molecule has 0 bridgehead atoms. The Morgan fingerprint density at radius 1 is 1.25 bits per heavy atom. The molecule has 0 spiro atoms. The van der Waals surface area contributed by atoms with Gasteiger partial charge < -0.3 is 9.52 Å². The predicted octanol–water partition coefficient (Wildman–Crippen LogP) is 1.57. The van der Waals surface area contributed by atoms with Crippen molar-refractivity contribution < 1.29 is 26.7 Å². The van der Waals surface area contributed by atoms with Crippen molar-refractivity contribution >= 4 is 10.0 Å². The van der Waals surface area contributed by atoms with E-state index in [9.17, 15) is 22.3 Å². The standard InChI is InChI=1S/C12H11F2NO4S/c13-8-4-9(14)6-10(5-8)20(17,18)15-7-11(16)12-2-1-3-19-12/h1-6,11,15-16H,7H2. The molecule has 0 saturated heterocycles. The minimum absolute atomic E-state index is 0.179.